The van der Waals surface area contributed by atoms with E-state index in [-0.39, 0.29) is 0 Å². The molecule has 0 unspecified atom stereocenters. The Morgan fingerprint density at radius 3 is 2.52 bits per heavy atom. The predicted octanol–water partition coefficient (Wildman–Crippen LogP) is 4.43. The van der Waals surface area contributed by atoms with Crippen LogP contribution in [0.1, 0.15) is 11.1 Å². The third kappa shape index (κ3) is 2.28. The first-order valence-corrected chi connectivity index (χ1v) is 9.64. The van der Waals surface area contributed by atoms with E-state index in [1.54, 1.807) is 23.5 Å². The molecule has 5 heteroatoms. The number of anilines is 1. The number of thiophene rings is 1. The quantitative estimate of drug-likeness (QED) is 0.691. The Morgan fingerprint density at radius 1 is 1.00 bits per heavy atom. The summed E-state index contributed by atoms with van der Waals surface area (Å²) >= 11 is 1.58. The Labute approximate surface area is 139 Å². The van der Waals surface area contributed by atoms with Crippen LogP contribution in [0.15, 0.2) is 64.9 Å². The lowest BCUT2D eigenvalue weighted by atomic mass is 10.0. The molecule has 0 saturated carbocycles. The fraction of sp³-hybridized carbons (Fsp3) is 0.111. The van der Waals surface area contributed by atoms with Crippen molar-refractivity contribution in [1.29, 1.82) is 0 Å². The number of rotatable bonds is 2. The van der Waals surface area contributed by atoms with Crippen molar-refractivity contribution in [3.8, 4) is 10.4 Å². The fourth-order valence-corrected chi connectivity index (χ4v) is 5.34. The van der Waals surface area contributed by atoms with Crippen LogP contribution in [-0.4, -0.2) is 8.42 Å². The van der Waals surface area contributed by atoms with Gasteiger partial charge in [0.05, 0.1) is 22.0 Å². The molecule has 1 aromatic heterocycles. The Kier molecular flexibility index (Phi) is 3.28. The first kappa shape index (κ1) is 14.5. The van der Waals surface area contributed by atoms with Crippen molar-refractivity contribution in [2.24, 2.45) is 0 Å². The van der Waals surface area contributed by atoms with Gasteiger partial charge in [-0.05, 0) is 41.6 Å². The van der Waals surface area contributed by atoms with Crippen LogP contribution in [0.5, 0.6) is 0 Å². The third-order valence-electron chi connectivity index (χ3n) is 4.10. The molecule has 0 spiro atoms. The van der Waals surface area contributed by atoms with Crippen LogP contribution >= 0.6 is 11.3 Å². The molecule has 0 saturated heterocycles. The van der Waals surface area contributed by atoms with E-state index in [0.29, 0.717) is 11.4 Å². The minimum absolute atomic E-state index is 0.333. The summed E-state index contributed by atoms with van der Waals surface area (Å²) < 4.78 is 27.7. The van der Waals surface area contributed by atoms with Crippen molar-refractivity contribution in [2.75, 3.05) is 4.31 Å². The van der Waals surface area contributed by atoms with E-state index in [4.69, 9.17) is 0 Å². The molecule has 1 aliphatic heterocycles. The van der Waals surface area contributed by atoms with Gasteiger partial charge in [0.25, 0.3) is 10.0 Å². The van der Waals surface area contributed by atoms with E-state index in [9.17, 15) is 8.42 Å². The summed E-state index contributed by atoms with van der Waals surface area (Å²) in [6, 6.07) is 16.9. The van der Waals surface area contributed by atoms with Crippen molar-refractivity contribution in [3.05, 3.63) is 71.1 Å². The molecule has 4 rings (SSSR count). The number of nitrogens with zero attached hydrogens (tertiary/aromatic N) is 1. The van der Waals surface area contributed by atoms with Crippen LogP contribution < -0.4 is 4.31 Å². The van der Waals surface area contributed by atoms with Gasteiger partial charge in [0, 0.05) is 0 Å². The zero-order valence-electron chi connectivity index (χ0n) is 12.6. The molecule has 2 heterocycles. The summed E-state index contributed by atoms with van der Waals surface area (Å²) in [5, 5.41) is 1.95. The van der Waals surface area contributed by atoms with Gasteiger partial charge in [0.1, 0.15) is 0 Å². The molecule has 23 heavy (non-hydrogen) atoms. The van der Waals surface area contributed by atoms with Gasteiger partial charge in [-0.15, -0.1) is 11.3 Å². The zero-order valence-corrected chi connectivity index (χ0v) is 14.2. The second-order valence-electron chi connectivity index (χ2n) is 5.62. The first-order valence-electron chi connectivity index (χ1n) is 7.32. The number of aryl methyl sites for hydroxylation is 1. The topological polar surface area (TPSA) is 37.4 Å². The van der Waals surface area contributed by atoms with Crippen molar-refractivity contribution < 1.29 is 8.42 Å². The maximum absolute atomic E-state index is 13.1. The lowest BCUT2D eigenvalue weighted by Crippen LogP contribution is -2.32. The maximum atomic E-state index is 13.1. The molecule has 0 bridgehead atoms. The Hall–Kier alpha value is -2.11. The van der Waals surface area contributed by atoms with Gasteiger partial charge >= 0.3 is 0 Å². The van der Waals surface area contributed by atoms with Gasteiger partial charge in [0.2, 0.25) is 0 Å². The summed E-state index contributed by atoms with van der Waals surface area (Å²) in [6.07, 6.45) is 0. The molecule has 0 radical (unpaired) electrons. The average Bonchev–Trinajstić information content (AvgIpc) is 3.04. The van der Waals surface area contributed by atoms with Crippen LogP contribution in [0.2, 0.25) is 0 Å². The lowest BCUT2D eigenvalue weighted by Gasteiger charge is -2.30. The summed E-state index contributed by atoms with van der Waals surface area (Å²) in [5.41, 5.74) is 3.99. The zero-order chi connectivity index (χ0) is 16.0. The average molecular weight is 341 g/mol. The minimum atomic E-state index is -3.56. The second kappa shape index (κ2) is 5.22. The summed E-state index contributed by atoms with van der Waals surface area (Å²) in [7, 11) is -3.56. The Balaban J connectivity index is 1.86. The molecule has 116 valence electrons. The van der Waals surface area contributed by atoms with Crippen LogP contribution in [-0.2, 0) is 16.6 Å². The van der Waals surface area contributed by atoms with Crippen molar-refractivity contribution in [3.63, 3.8) is 0 Å². The van der Waals surface area contributed by atoms with Crippen molar-refractivity contribution in [2.45, 2.75) is 18.4 Å². The summed E-state index contributed by atoms with van der Waals surface area (Å²) in [4.78, 5) is 1.35. The number of benzene rings is 2. The van der Waals surface area contributed by atoms with E-state index >= 15 is 0 Å². The maximum Gasteiger partial charge on any atom is 0.264 e. The SMILES string of the molecule is Cc1ccc(S(=O)(=O)N2Cc3ccccc3-c3sccc32)cc1. The molecule has 0 atom stereocenters. The first-order chi connectivity index (χ1) is 11.1. The molecule has 0 amide bonds. The molecule has 1 aliphatic rings. The third-order valence-corrected chi connectivity index (χ3v) is 6.81. The summed E-state index contributed by atoms with van der Waals surface area (Å²) in [5.74, 6) is 0. The Morgan fingerprint density at radius 2 is 1.74 bits per heavy atom. The highest BCUT2D eigenvalue weighted by molar-refractivity contribution is 7.92. The monoisotopic (exact) mass is 341 g/mol. The minimum Gasteiger partial charge on any atom is -0.260 e. The van der Waals surface area contributed by atoms with E-state index in [1.807, 2.05) is 48.7 Å². The Bertz CT molecular complexity index is 972. The highest BCUT2D eigenvalue weighted by Crippen LogP contribution is 2.44. The van der Waals surface area contributed by atoms with Gasteiger partial charge in [-0.1, -0.05) is 42.0 Å². The smallest absolute Gasteiger partial charge is 0.260 e. The largest absolute Gasteiger partial charge is 0.264 e. The van der Waals surface area contributed by atoms with Gasteiger partial charge in [-0.25, -0.2) is 8.42 Å². The van der Waals surface area contributed by atoms with Gasteiger partial charge in [0.15, 0.2) is 0 Å². The van der Waals surface area contributed by atoms with Gasteiger partial charge in [-0.2, -0.15) is 0 Å². The molecule has 2 aromatic carbocycles. The van der Waals surface area contributed by atoms with E-state index in [1.165, 1.54) is 4.31 Å². The van der Waals surface area contributed by atoms with E-state index in [0.717, 1.165) is 27.3 Å². The van der Waals surface area contributed by atoms with Crippen molar-refractivity contribution in [1.82, 2.24) is 0 Å². The van der Waals surface area contributed by atoms with Crippen LogP contribution in [0.4, 0.5) is 5.69 Å². The highest BCUT2D eigenvalue weighted by Gasteiger charge is 2.32. The summed E-state index contributed by atoms with van der Waals surface area (Å²) in [6.45, 7) is 2.32. The van der Waals surface area contributed by atoms with Crippen LogP contribution in [0, 0.1) is 6.92 Å². The number of hydrogen-bond donors (Lipinski definition) is 0. The molecule has 3 nitrogen and oxygen atoms in total. The predicted molar refractivity (Wildman–Crippen MR) is 94.3 cm³/mol. The lowest BCUT2D eigenvalue weighted by molar-refractivity contribution is 0.590. The van der Waals surface area contributed by atoms with Gasteiger partial charge < -0.3 is 0 Å². The molecule has 0 fully saturated rings. The molecule has 0 aliphatic carbocycles. The molecular weight excluding hydrogens is 326 g/mol. The molecular formula is C18H15NO2S2. The number of hydrogen-bond acceptors (Lipinski definition) is 3. The molecule has 3 aromatic rings. The number of sulfonamides is 1. The normalized spacial score (nSPS) is 13.5. The van der Waals surface area contributed by atoms with Crippen molar-refractivity contribution >= 4 is 27.0 Å². The van der Waals surface area contributed by atoms with E-state index < -0.39 is 10.0 Å². The fourth-order valence-electron chi connectivity index (χ4n) is 2.87. The van der Waals surface area contributed by atoms with Gasteiger partial charge in [-0.3, -0.25) is 4.31 Å². The van der Waals surface area contributed by atoms with E-state index in [2.05, 4.69) is 6.07 Å². The second-order valence-corrected chi connectivity index (χ2v) is 8.40. The number of fused-ring (bicyclic) bond motifs is 3. The highest BCUT2D eigenvalue weighted by atomic mass is 32.2. The molecule has 0 N–H and O–H groups in total. The van der Waals surface area contributed by atoms with Crippen LogP contribution in [0.25, 0.3) is 10.4 Å². The standard InChI is InChI=1S/C18H15NO2S2/c1-13-6-8-15(9-7-13)23(20,21)19-12-14-4-2-3-5-16(14)18-17(19)10-11-22-18/h2-11H,12H2,1H3. The van der Waals surface area contributed by atoms with Crippen LogP contribution in [0.3, 0.4) is 0 Å².